The minimum atomic E-state index is -0.827. The predicted molar refractivity (Wildman–Crippen MR) is 134 cm³/mol. The second-order valence-electron chi connectivity index (χ2n) is 8.28. The van der Waals surface area contributed by atoms with Gasteiger partial charge in [-0.15, -0.1) is 0 Å². The Hall–Kier alpha value is -3.25. The maximum absolute atomic E-state index is 12.8. The molecule has 2 aromatic carbocycles. The zero-order valence-corrected chi connectivity index (χ0v) is 21.2. The highest BCUT2D eigenvalue weighted by Gasteiger charge is 2.40. The summed E-state index contributed by atoms with van der Waals surface area (Å²) in [6.45, 7) is 3.63. The van der Waals surface area contributed by atoms with Crippen LogP contribution in [-0.4, -0.2) is 40.3 Å². The number of nitrogens with one attached hydrogen (secondary N) is 1. The highest BCUT2D eigenvalue weighted by atomic mass is 127. The van der Waals surface area contributed by atoms with Crippen LogP contribution in [0.25, 0.3) is 0 Å². The minimum Gasteiger partial charge on any atom is -0.459 e. The number of halogens is 1. The number of rotatable bonds is 6. The Kier molecular flexibility index (Phi) is 7.51. The van der Waals surface area contributed by atoms with Gasteiger partial charge in [0.1, 0.15) is 25.0 Å². The quantitative estimate of drug-likeness (QED) is 0.347. The van der Waals surface area contributed by atoms with E-state index in [4.69, 9.17) is 14.2 Å². The molecule has 0 amide bonds. The Labute approximate surface area is 214 Å². The lowest BCUT2D eigenvalue weighted by atomic mass is 10.1. The van der Waals surface area contributed by atoms with Crippen LogP contribution in [0.4, 0.5) is 0 Å². The first-order chi connectivity index (χ1) is 16.7. The number of ether oxygens (including phenoxy) is 3. The van der Waals surface area contributed by atoms with Gasteiger partial charge in [0.15, 0.2) is 0 Å². The second kappa shape index (κ2) is 10.6. The molecule has 1 saturated heterocycles. The number of esters is 2. The van der Waals surface area contributed by atoms with Crippen LogP contribution in [0.15, 0.2) is 64.3 Å². The number of benzene rings is 2. The molecule has 1 N–H and O–H groups in total. The van der Waals surface area contributed by atoms with Gasteiger partial charge in [-0.2, -0.15) is 0 Å². The first-order valence-electron chi connectivity index (χ1n) is 10.9. The minimum absolute atomic E-state index is 0.131. The maximum atomic E-state index is 12.8. The van der Waals surface area contributed by atoms with Gasteiger partial charge in [-0.25, -0.2) is 14.4 Å². The zero-order valence-electron chi connectivity index (χ0n) is 19.0. The maximum Gasteiger partial charge on any atom is 0.338 e. The zero-order chi connectivity index (χ0) is 25.1. The van der Waals surface area contributed by atoms with E-state index in [2.05, 4.69) is 4.98 Å². The van der Waals surface area contributed by atoms with E-state index in [1.54, 1.807) is 48.5 Å². The molecule has 35 heavy (non-hydrogen) atoms. The van der Waals surface area contributed by atoms with E-state index >= 15 is 0 Å². The summed E-state index contributed by atoms with van der Waals surface area (Å²) in [4.78, 5) is 51.6. The number of nitrogens with zero attached hydrogens (tertiary/aromatic N) is 1. The molecule has 9 nitrogen and oxygen atoms in total. The number of carbonyl (C=O) groups is 2. The summed E-state index contributed by atoms with van der Waals surface area (Å²) in [6, 6.07) is 13.8. The number of aromatic nitrogens is 2. The highest BCUT2D eigenvalue weighted by Crippen LogP contribution is 2.31. The lowest BCUT2D eigenvalue weighted by Crippen LogP contribution is -2.34. The highest BCUT2D eigenvalue weighted by molar-refractivity contribution is 14.1. The molecule has 3 aromatic rings. The molecule has 0 aliphatic carbocycles. The van der Waals surface area contributed by atoms with Gasteiger partial charge in [0, 0.05) is 12.6 Å². The number of H-pyrrole nitrogens is 1. The summed E-state index contributed by atoms with van der Waals surface area (Å²) < 4.78 is 18.7. The number of carbonyl (C=O) groups excluding carboxylic acids is 2. The van der Waals surface area contributed by atoms with Gasteiger partial charge >= 0.3 is 17.6 Å². The van der Waals surface area contributed by atoms with Crippen LogP contribution in [0, 0.1) is 17.4 Å². The van der Waals surface area contributed by atoms with E-state index in [1.165, 1.54) is 10.8 Å². The third-order valence-electron chi connectivity index (χ3n) is 5.63. The number of aryl methyl sites for hydroxylation is 2. The predicted octanol–water partition coefficient (Wildman–Crippen LogP) is 3.13. The van der Waals surface area contributed by atoms with Gasteiger partial charge in [-0.05, 0) is 60.7 Å². The van der Waals surface area contributed by atoms with Crippen LogP contribution in [0.2, 0.25) is 0 Å². The number of hydrogen-bond acceptors (Lipinski definition) is 7. The third kappa shape index (κ3) is 5.88. The fraction of sp³-hybridized carbons (Fsp3) is 0.280. The number of hydrogen-bond donors (Lipinski definition) is 1. The summed E-state index contributed by atoms with van der Waals surface area (Å²) in [5.74, 6) is -1.10. The van der Waals surface area contributed by atoms with Crippen LogP contribution >= 0.6 is 22.6 Å². The second-order valence-corrected chi connectivity index (χ2v) is 9.44. The van der Waals surface area contributed by atoms with Crippen LogP contribution < -0.4 is 11.2 Å². The Balaban J connectivity index is 1.53. The lowest BCUT2D eigenvalue weighted by Gasteiger charge is -2.19. The van der Waals surface area contributed by atoms with Crippen molar-refractivity contribution in [1.29, 1.82) is 0 Å². The van der Waals surface area contributed by atoms with E-state index in [0.717, 1.165) is 11.1 Å². The summed E-state index contributed by atoms with van der Waals surface area (Å²) in [6.07, 6.45) is -0.929. The molecular formula is C25H23IN2O7. The number of aromatic amines is 1. The SMILES string of the molecule is Cc1ccc(C(=O)OCC2OC(n3cc(I)c(=O)[nH]c3=O)CC2OC(=O)c2ccc(C)cc2)cc1. The van der Waals surface area contributed by atoms with Gasteiger partial charge in [-0.3, -0.25) is 14.3 Å². The molecule has 1 aliphatic heterocycles. The Morgan fingerprint density at radius 1 is 1.00 bits per heavy atom. The van der Waals surface area contributed by atoms with Crippen molar-refractivity contribution in [2.45, 2.75) is 38.7 Å². The molecule has 1 fully saturated rings. The van der Waals surface area contributed by atoms with Crippen LogP contribution in [0.5, 0.6) is 0 Å². The van der Waals surface area contributed by atoms with E-state index in [0.29, 0.717) is 14.7 Å². The Morgan fingerprint density at radius 2 is 1.57 bits per heavy atom. The van der Waals surface area contributed by atoms with E-state index in [9.17, 15) is 19.2 Å². The van der Waals surface area contributed by atoms with Gasteiger partial charge in [0.2, 0.25) is 0 Å². The molecule has 10 heteroatoms. The van der Waals surface area contributed by atoms with Crippen molar-refractivity contribution in [1.82, 2.24) is 9.55 Å². The summed E-state index contributed by atoms with van der Waals surface area (Å²) in [5.41, 5.74) is 1.60. The topological polar surface area (TPSA) is 117 Å². The Morgan fingerprint density at radius 3 is 2.17 bits per heavy atom. The van der Waals surface area contributed by atoms with Gasteiger partial charge < -0.3 is 14.2 Å². The monoisotopic (exact) mass is 590 g/mol. The molecule has 2 heterocycles. The molecule has 3 unspecified atom stereocenters. The molecule has 182 valence electrons. The Bertz CT molecular complexity index is 1350. The normalized spacial score (nSPS) is 19.3. The van der Waals surface area contributed by atoms with E-state index < -0.39 is 41.6 Å². The van der Waals surface area contributed by atoms with Crippen molar-refractivity contribution >= 4 is 34.5 Å². The molecule has 3 atom stereocenters. The molecule has 1 aliphatic rings. The molecule has 0 radical (unpaired) electrons. The lowest BCUT2D eigenvalue weighted by molar-refractivity contribution is -0.0583. The van der Waals surface area contributed by atoms with Crippen LogP contribution in [-0.2, 0) is 14.2 Å². The van der Waals surface area contributed by atoms with E-state index in [1.807, 2.05) is 36.4 Å². The largest absolute Gasteiger partial charge is 0.459 e. The molecular weight excluding hydrogens is 567 g/mol. The van der Waals surface area contributed by atoms with Crippen molar-refractivity contribution in [3.8, 4) is 0 Å². The first-order valence-corrected chi connectivity index (χ1v) is 12.0. The molecule has 0 bridgehead atoms. The molecule has 0 spiro atoms. The fourth-order valence-corrected chi connectivity index (χ4v) is 4.08. The van der Waals surface area contributed by atoms with Crippen LogP contribution in [0.1, 0.15) is 44.5 Å². The van der Waals surface area contributed by atoms with Gasteiger partial charge in [-0.1, -0.05) is 35.4 Å². The van der Waals surface area contributed by atoms with Gasteiger partial charge in [0.05, 0.1) is 14.7 Å². The van der Waals surface area contributed by atoms with Crippen LogP contribution in [0.3, 0.4) is 0 Å². The summed E-state index contributed by atoms with van der Waals surface area (Å²) in [5, 5.41) is 0. The first kappa shape index (κ1) is 24.9. The van der Waals surface area contributed by atoms with E-state index in [-0.39, 0.29) is 13.0 Å². The van der Waals surface area contributed by atoms with Crippen molar-refractivity contribution in [2.24, 2.45) is 0 Å². The van der Waals surface area contributed by atoms with Crippen molar-refractivity contribution in [3.63, 3.8) is 0 Å². The van der Waals surface area contributed by atoms with Crippen molar-refractivity contribution in [2.75, 3.05) is 6.61 Å². The van der Waals surface area contributed by atoms with Crippen molar-refractivity contribution < 1.29 is 23.8 Å². The summed E-state index contributed by atoms with van der Waals surface area (Å²) in [7, 11) is 0. The average Bonchev–Trinajstić information content (AvgIpc) is 3.22. The molecule has 4 rings (SSSR count). The molecule has 0 saturated carbocycles. The van der Waals surface area contributed by atoms with Crippen molar-refractivity contribution in [3.05, 3.63) is 101 Å². The van der Waals surface area contributed by atoms with Gasteiger partial charge in [0.25, 0.3) is 5.56 Å². The average molecular weight is 590 g/mol. The smallest absolute Gasteiger partial charge is 0.338 e. The standard InChI is InChI=1S/C25H23IN2O7/c1-14-3-7-16(8-4-14)23(30)33-13-20-19(35-24(31)17-9-5-15(2)6-10-17)11-21(34-20)28-12-18(26)22(29)27-25(28)32/h3-10,12,19-21H,11,13H2,1-2H3,(H,27,29,32). The summed E-state index contributed by atoms with van der Waals surface area (Å²) >= 11 is 1.81. The molecule has 1 aromatic heterocycles. The third-order valence-corrected chi connectivity index (χ3v) is 6.40. The fourth-order valence-electron chi connectivity index (χ4n) is 3.65.